The largest absolute Gasteiger partial charge is 0.451 e. The highest BCUT2D eigenvalue weighted by molar-refractivity contribution is 5.97. The van der Waals surface area contributed by atoms with E-state index in [1.54, 1.807) is 33.7 Å². The number of carbonyl (C=O) groups is 2. The zero-order chi connectivity index (χ0) is 34.2. The SMILES string of the molecule is CC(C)(/C=C(/C#N)C(=O)N1CCC[C@@H](n2c(=O)n(-c3ccc(Oc4c(F)cccc4F)cc3)c3c(N)nccc32)C1)N1CCNC(=O)C1. The average Bonchev–Trinajstić information content (AvgIpc) is 3.38. The van der Waals surface area contributed by atoms with Crippen LogP contribution < -0.4 is 21.5 Å². The van der Waals surface area contributed by atoms with E-state index in [2.05, 4.69) is 16.4 Å². The molecule has 2 aliphatic rings. The first kappa shape index (κ1) is 32.4. The lowest BCUT2D eigenvalue weighted by Gasteiger charge is -2.39. The highest BCUT2D eigenvalue weighted by Crippen LogP contribution is 2.31. The number of nitrogen functional groups attached to an aromatic ring is 1. The lowest BCUT2D eigenvalue weighted by Crippen LogP contribution is -2.55. The van der Waals surface area contributed by atoms with E-state index in [9.17, 15) is 28.4 Å². The molecule has 4 heterocycles. The molecule has 2 amide bonds. The summed E-state index contributed by atoms with van der Waals surface area (Å²) < 4.78 is 36.7. The molecule has 48 heavy (non-hydrogen) atoms. The first-order valence-corrected chi connectivity index (χ1v) is 15.5. The summed E-state index contributed by atoms with van der Waals surface area (Å²) in [6.45, 7) is 5.52. The molecule has 4 aromatic rings. The number of carbonyl (C=O) groups excluding carboxylic acids is 2. The van der Waals surface area contributed by atoms with Crippen LogP contribution in [0.25, 0.3) is 16.7 Å². The van der Waals surface area contributed by atoms with Crippen molar-refractivity contribution in [3.05, 3.63) is 88.5 Å². The van der Waals surface area contributed by atoms with Gasteiger partial charge in [0.05, 0.1) is 23.8 Å². The molecule has 2 aliphatic heterocycles. The van der Waals surface area contributed by atoms with E-state index in [0.29, 0.717) is 49.2 Å². The predicted octanol–water partition coefficient (Wildman–Crippen LogP) is 3.66. The summed E-state index contributed by atoms with van der Waals surface area (Å²) in [6.07, 6.45) is 4.29. The molecule has 6 rings (SSSR count). The Kier molecular flexibility index (Phi) is 8.72. The molecule has 2 aromatic heterocycles. The minimum Gasteiger partial charge on any atom is -0.451 e. The van der Waals surface area contributed by atoms with Gasteiger partial charge >= 0.3 is 5.69 Å². The Morgan fingerprint density at radius 2 is 1.85 bits per heavy atom. The molecule has 14 heteroatoms. The van der Waals surface area contributed by atoms with Crippen molar-refractivity contribution in [3.63, 3.8) is 0 Å². The fourth-order valence-electron chi connectivity index (χ4n) is 6.38. The van der Waals surface area contributed by atoms with Gasteiger partial charge in [-0.1, -0.05) is 6.07 Å². The molecule has 0 radical (unpaired) electrons. The van der Waals surface area contributed by atoms with Crippen LogP contribution in [-0.4, -0.2) is 74.0 Å². The normalized spacial score (nSPS) is 17.6. The number of hydrogen-bond donors (Lipinski definition) is 2. The van der Waals surface area contributed by atoms with E-state index < -0.39 is 40.6 Å². The first-order chi connectivity index (χ1) is 23.0. The van der Waals surface area contributed by atoms with Gasteiger partial charge < -0.3 is 20.7 Å². The molecule has 0 spiro atoms. The number of para-hydroxylation sites is 1. The Labute approximate surface area is 274 Å². The lowest BCUT2D eigenvalue weighted by molar-refractivity contribution is -0.128. The van der Waals surface area contributed by atoms with Gasteiger partial charge in [-0.3, -0.25) is 23.6 Å². The van der Waals surface area contributed by atoms with Crippen LogP contribution in [0.15, 0.2) is 71.2 Å². The van der Waals surface area contributed by atoms with Crippen molar-refractivity contribution >= 4 is 28.7 Å². The van der Waals surface area contributed by atoms with Crippen LogP contribution in [0.2, 0.25) is 0 Å². The second-order valence-electron chi connectivity index (χ2n) is 12.3. The number of fused-ring (bicyclic) bond motifs is 1. The predicted molar refractivity (Wildman–Crippen MR) is 173 cm³/mol. The summed E-state index contributed by atoms with van der Waals surface area (Å²) in [5.74, 6) is -2.54. The molecule has 3 N–H and O–H groups in total. The van der Waals surface area contributed by atoms with E-state index in [1.165, 1.54) is 29.0 Å². The first-order valence-electron chi connectivity index (χ1n) is 15.5. The number of nitrogens with two attached hydrogens (primary N) is 1. The van der Waals surface area contributed by atoms with Crippen LogP contribution in [-0.2, 0) is 9.59 Å². The fourth-order valence-corrected chi connectivity index (χ4v) is 6.38. The number of aromatic nitrogens is 3. The van der Waals surface area contributed by atoms with Crippen LogP contribution in [0.4, 0.5) is 14.6 Å². The van der Waals surface area contributed by atoms with Crippen LogP contribution in [0.5, 0.6) is 11.5 Å². The topological polar surface area (TPSA) is 152 Å². The summed E-state index contributed by atoms with van der Waals surface area (Å²) in [6, 6.07) is 12.8. The van der Waals surface area contributed by atoms with Crippen LogP contribution >= 0.6 is 0 Å². The molecule has 2 fully saturated rings. The van der Waals surface area contributed by atoms with Gasteiger partial charge in [0.15, 0.2) is 17.4 Å². The van der Waals surface area contributed by atoms with E-state index in [0.717, 1.165) is 12.1 Å². The number of nitriles is 1. The number of hydrogen-bond acceptors (Lipinski definition) is 8. The molecular formula is C34H34F2N8O4. The van der Waals surface area contributed by atoms with Crippen molar-refractivity contribution in [2.24, 2.45) is 0 Å². The number of piperazine rings is 1. The molecule has 0 aliphatic carbocycles. The molecule has 2 aromatic carbocycles. The van der Waals surface area contributed by atoms with Gasteiger partial charge in [0.2, 0.25) is 5.91 Å². The van der Waals surface area contributed by atoms with Crippen LogP contribution in [0.3, 0.4) is 0 Å². The van der Waals surface area contributed by atoms with Crippen molar-refractivity contribution in [1.29, 1.82) is 5.26 Å². The smallest absolute Gasteiger partial charge is 0.334 e. The van der Waals surface area contributed by atoms with Crippen molar-refractivity contribution in [1.82, 2.24) is 29.2 Å². The van der Waals surface area contributed by atoms with Crippen molar-refractivity contribution in [2.45, 2.75) is 38.3 Å². The Hall–Kier alpha value is -5.55. The quantitative estimate of drug-likeness (QED) is 0.226. The number of ether oxygens (including phenoxy) is 1. The summed E-state index contributed by atoms with van der Waals surface area (Å²) in [5, 5.41) is 12.8. The number of rotatable bonds is 7. The third-order valence-electron chi connectivity index (χ3n) is 8.80. The Morgan fingerprint density at radius 1 is 1.12 bits per heavy atom. The number of nitrogens with zero attached hydrogens (tertiary/aromatic N) is 6. The van der Waals surface area contributed by atoms with Gasteiger partial charge in [-0.25, -0.2) is 18.6 Å². The van der Waals surface area contributed by atoms with Crippen LogP contribution in [0.1, 0.15) is 32.7 Å². The zero-order valence-electron chi connectivity index (χ0n) is 26.5. The third-order valence-corrected chi connectivity index (χ3v) is 8.80. The van der Waals surface area contributed by atoms with Gasteiger partial charge in [0, 0.05) is 37.9 Å². The highest BCUT2D eigenvalue weighted by Gasteiger charge is 2.34. The van der Waals surface area contributed by atoms with E-state index >= 15 is 0 Å². The Bertz CT molecular complexity index is 2010. The Balaban J connectivity index is 1.30. The van der Waals surface area contributed by atoms with Crippen LogP contribution in [0, 0.1) is 23.0 Å². The lowest BCUT2D eigenvalue weighted by atomic mass is 9.96. The maximum absolute atomic E-state index is 14.2. The summed E-state index contributed by atoms with van der Waals surface area (Å²) in [4.78, 5) is 47.6. The van der Waals surface area contributed by atoms with E-state index in [-0.39, 0.29) is 36.1 Å². The Morgan fingerprint density at radius 3 is 2.54 bits per heavy atom. The third kappa shape index (κ3) is 6.12. The van der Waals surface area contributed by atoms with Crippen molar-refractivity contribution < 1.29 is 23.1 Å². The molecule has 248 valence electrons. The number of benzene rings is 2. The summed E-state index contributed by atoms with van der Waals surface area (Å²) in [5.41, 5.74) is 6.42. The molecular weight excluding hydrogens is 622 g/mol. The van der Waals surface area contributed by atoms with Gasteiger partial charge in [0.1, 0.15) is 28.7 Å². The molecule has 2 saturated heterocycles. The number of anilines is 1. The standard InChI is InChI=1S/C34H34F2N8O4/c1-34(2,42-16-14-39-28(45)20-42)17-21(18-37)32(46)41-15-4-5-23(19-41)43-27-12-13-40-31(38)29(27)44(33(43)47)22-8-10-24(11-9-22)48-30-25(35)6-3-7-26(30)36/h3,6-13,17,23H,4-5,14-16,19-20H2,1-2H3,(H2,38,40)(H,39,45)/b21-17-/t23-/m1/s1. The van der Waals surface area contributed by atoms with Gasteiger partial charge in [-0.2, -0.15) is 5.26 Å². The zero-order valence-corrected chi connectivity index (χ0v) is 26.5. The number of nitrogens with one attached hydrogen (secondary N) is 1. The molecule has 12 nitrogen and oxygen atoms in total. The molecule has 0 bridgehead atoms. The monoisotopic (exact) mass is 656 g/mol. The summed E-state index contributed by atoms with van der Waals surface area (Å²) in [7, 11) is 0. The molecule has 0 saturated carbocycles. The number of likely N-dealkylation sites (tertiary alicyclic amines) is 1. The summed E-state index contributed by atoms with van der Waals surface area (Å²) >= 11 is 0. The minimum absolute atomic E-state index is 0.0348. The molecule has 1 atom stereocenters. The number of halogens is 2. The minimum atomic E-state index is -0.852. The van der Waals surface area contributed by atoms with Gasteiger partial charge in [-0.15, -0.1) is 0 Å². The van der Waals surface area contributed by atoms with E-state index in [1.807, 2.05) is 18.7 Å². The maximum Gasteiger partial charge on any atom is 0.334 e. The number of piperidine rings is 1. The fraction of sp³-hybridized carbons (Fsp3) is 0.324. The van der Waals surface area contributed by atoms with E-state index in [4.69, 9.17) is 10.5 Å². The van der Waals surface area contributed by atoms with Crippen molar-refractivity contribution in [3.8, 4) is 23.3 Å². The number of imidazole rings is 1. The van der Waals surface area contributed by atoms with Gasteiger partial charge in [0.25, 0.3) is 5.91 Å². The number of amides is 2. The van der Waals surface area contributed by atoms with Crippen molar-refractivity contribution in [2.75, 3.05) is 38.5 Å². The second kappa shape index (κ2) is 12.9. The number of pyridine rings is 1. The molecule has 0 unspecified atom stereocenters. The highest BCUT2D eigenvalue weighted by atomic mass is 19.1. The van der Waals surface area contributed by atoms with Gasteiger partial charge in [-0.05, 0) is 75.2 Å². The average molecular weight is 657 g/mol. The maximum atomic E-state index is 14.2. The second-order valence-corrected chi connectivity index (χ2v) is 12.3.